The molecular weight excluding hydrogens is 348 g/mol. The van der Waals surface area contributed by atoms with Crippen LogP contribution in [0.2, 0.25) is 0 Å². The molecule has 27 heavy (non-hydrogen) atoms. The fraction of sp³-hybridized carbons (Fsp3) is 0.200. The molecule has 7 nitrogen and oxygen atoms in total. The molecule has 2 aromatic carbocycles. The maximum atomic E-state index is 12.7. The van der Waals surface area contributed by atoms with Gasteiger partial charge in [-0.3, -0.25) is 14.9 Å². The lowest BCUT2D eigenvalue weighted by Gasteiger charge is -2.20. The second-order valence-electron chi connectivity index (χ2n) is 6.16. The molecule has 0 heterocycles. The van der Waals surface area contributed by atoms with Gasteiger partial charge in [0.1, 0.15) is 0 Å². The van der Waals surface area contributed by atoms with E-state index < -0.39 is 29.9 Å². The second-order valence-corrected chi connectivity index (χ2v) is 6.16. The van der Waals surface area contributed by atoms with Crippen molar-refractivity contribution in [3.63, 3.8) is 0 Å². The number of hydrogen-bond donors (Lipinski definition) is 2. The lowest BCUT2D eigenvalue weighted by Crippen LogP contribution is -2.45. The fourth-order valence-corrected chi connectivity index (χ4v) is 2.47. The Hall–Kier alpha value is -3.48. The molecule has 0 spiro atoms. The van der Waals surface area contributed by atoms with Gasteiger partial charge in [0.2, 0.25) is 0 Å². The van der Waals surface area contributed by atoms with Crippen LogP contribution in [0.1, 0.15) is 40.1 Å². The summed E-state index contributed by atoms with van der Waals surface area (Å²) in [5.41, 5.74) is 5.56. The Balaban J connectivity index is 2.30. The first-order valence-electron chi connectivity index (χ1n) is 8.31. The summed E-state index contributed by atoms with van der Waals surface area (Å²) in [4.78, 5) is 48.3. The standard InChI is InChI=1S/C20H20N2O5/c1-12(2)17(18(24)22-20(21)26)27-19(25)15-11-7-6-10-14(15)16(23)13-8-4-3-5-9-13/h3-12,17H,1-2H3,(H3,21,22,24,26)/t17-/m0/s1. The molecule has 0 aliphatic heterocycles. The average molecular weight is 368 g/mol. The van der Waals surface area contributed by atoms with Crippen LogP contribution in [0.25, 0.3) is 0 Å². The highest BCUT2D eigenvalue weighted by Gasteiger charge is 2.29. The molecule has 2 aromatic rings. The minimum atomic E-state index is -1.23. The first kappa shape index (κ1) is 19.8. The van der Waals surface area contributed by atoms with Crippen molar-refractivity contribution in [3.8, 4) is 0 Å². The first-order valence-corrected chi connectivity index (χ1v) is 8.31. The van der Waals surface area contributed by atoms with Crippen LogP contribution >= 0.6 is 0 Å². The highest BCUT2D eigenvalue weighted by atomic mass is 16.5. The predicted molar refractivity (Wildman–Crippen MR) is 98.1 cm³/mol. The van der Waals surface area contributed by atoms with Crippen LogP contribution in [0.3, 0.4) is 0 Å². The maximum Gasteiger partial charge on any atom is 0.339 e. The summed E-state index contributed by atoms with van der Waals surface area (Å²) < 4.78 is 5.28. The average Bonchev–Trinajstić information content (AvgIpc) is 2.65. The molecule has 1 atom stereocenters. The number of nitrogens with two attached hydrogens (primary N) is 1. The molecule has 0 saturated heterocycles. The highest BCUT2D eigenvalue weighted by Crippen LogP contribution is 2.18. The third-order valence-corrected chi connectivity index (χ3v) is 3.77. The monoisotopic (exact) mass is 368 g/mol. The van der Waals surface area contributed by atoms with Gasteiger partial charge >= 0.3 is 12.0 Å². The molecule has 140 valence electrons. The number of carbonyl (C=O) groups excluding carboxylic acids is 4. The van der Waals surface area contributed by atoms with E-state index in [1.54, 1.807) is 56.3 Å². The molecule has 0 fully saturated rings. The van der Waals surface area contributed by atoms with Crippen molar-refractivity contribution < 1.29 is 23.9 Å². The summed E-state index contributed by atoms with van der Waals surface area (Å²) in [5, 5.41) is 1.90. The van der Waals surface area contributed by atoms with Crippen molar-refractivity contribution in [2.24, 2.45) is 11.7 Å². The van der Waals surface area contributed by atoms with Crippen molar-refractivity contribution in [2.75, 3.05) is 0 Å². The van der Waals surface area contributed by atoms with E-state index in [9.17, 15) is 19.2 Å². The predicted octanol–water partition coefficient (Wildman–Crippen LogP) is 2.29. The number of benzene rings is 2. The van der Waals surface area contributed by atoms with Gasteiger partial charge in [0.05, 0.1) is 5.56 Å². The minimum Gasteiger partial charge on any atom is -0.448 e. The number of hydrogen-bond acceptors (Lipinski definition) is 5. The fourth-order valence-electron chi connectivity index (χ4n) is 2.47. The second kappa shape index (κ2) is 8.75. The summed E-state index contributed by atoms with van der Waals surface area (Å²) in [6, 6.07) is 13.6. The Kier molecular flexibility index (Phi) is 6.43. The molecule has 3 N–H and O–H groups in total. The normalized spacial score (nSPS) is 11.5. The van der Waals surface area contributed by atoms with Gasteiger partial charge in [-0.2, -0.15) is 0 Å². The van der Waals surface area contributed by atoms with Crippen LogP contribution in [0.15, 0.2) is 54.6 Å². The molecule has 2 rings (SSSR count). The number of amides is 3. The van der Waals surface area contributed by atoms with Crippen molar-refractivity contribution in [1.29, 1.82) is 0 Å². The zero-order valence-electron chi connectivity index (χ0n) is 15.0. The molecular formula is C20H20N2O5. The highest BCUT2D eigenvalue weighted by molar-refractivity contribution is 6.14. The third-order valence-electron chi connectivity index (χ3n) is 3.77. The third kappa shape index (κ3) is 5.01. The lowest BCUT2D eigenvalue weighted by atomic mass is 9.98. The summed E-state index contributed by atoms with van der Waals surface area (Å²) >= 11 is 0. The summed E-state index contributed by atoms with van der Waals surface area (Å²) in [7, 11) is 0. The topological polar surface area (TPSA) is 116 Å². The number of carbonyl (C=O) groups is 4. The summed E-state index contributed by atoms with van der Waals surface area (Å²) in [6.45, 7) is 3.30. The smallest absolute Gasteiger partial charge is 0.339 e. The number of urea groups is 1. The Bertz CT molecular complexity index is 862. The molecule has 3 amide bonds. The molecule has 0 bridgehead atoms. The van der Waals surface area contributed by atoms with E-state index in [0.717, 1.165) is 0 Å². The van der Waals surface area contributed by atoms with Crippen molar-refractivity contribution >= 4 is 23.7 Å². The van der Waals surface area contributed by atoms with Gasteiger partial charge in [-0.05, 0) is 12.0 Å². The lowest BCUT2D eigenvalue weighted by molar-refractivity contribution is -0.130. The van der Waals surface area contributed by atoms with Crippen LogP contribution in [0.5, 0.6) is 0 Å². The number of esters is 1. The van der Waals surface area contributed by atoms with Gasteiger partial charge in [0, 0.05) is 11.1 Å². The maximum absolute atomic E-state index is 12.7. The Labute approximate surface area is 156 Å². The van der Waals surface area contributed by atoms with Gasteiger partial charge in [0.15, 0.2) is 11.9 Å². The number of ketones is 1. The number of imide groups is 1. The van der Waals surface area contributed by atoms with E-state index in [4.69, 9.17) is 10.5 Å². The van der Waals surface area contributed by atoms with Crippen molar-refractivity contribution in [2.45, 2.75) is 20.0 Å². The number of rotatable bonds is 6. The van der Waals surface area contributed by atoms with Crippen molar-refractivity contribution in [3.05, 3.63) is 71.3 Å². The first-order chi connectivity index (χ1) is 12.8. The minimum absolute atomic E-state index is 0.0314. The SMILES string of the molecule is CC(C)[C@H](OC(=O)c1ccccc1C(=O)c1ccccc1)C(=O)NC(N)=O. The molecule has 0 aliphatic rings. The van der Waals surface area contributed by atoms with Gasteiger partial charge < -0.3 is 10.5 Å². The van der Waals surface area contributed by atoms with E-state index >= 15 is 0 Å². The van der Waals surface area contributed by atoms with E-state index in [1.807, 2.05) is 5.32 Å². The van der Waals surface area contributed by atoms with Crippen LogP contribution in [-0.2, 0) is 9.53 Å². The van der Waals surface area contributed by atoms with E-state index in [2.05, 4.69) is 0 Å². The van der Waals surface area contributed by atoms with E-state index in [1.165, 1.54) is 12.1 Å². The summed E-state index contributed by atoms with van der Waals surface area (Å²) in [6.07, 6.45) is -1.23. The quantitative estimate of drug-likeness (QED) is 0.599. The molecule has 7 heteroatoms. The van der Waals surface area contributed by atoms with Crippen LogP contribution in [0.4, 0.5) is 4.79 Å². The van der Waals surface area contributed by atoms with Gasteiger partial charge in [-0.15, -0.1) is 0 Å². The molecule has 0 saturated carbocycles. The van der Waals surface area contributed by atoms with Gasteiger partial charge in [-0.1, -0.05) is 62.4 Å². The number of primary amides is 1. The Morgan fingerprint density at radius 1 is 0.889 bits per heavy atom. The van der Waals surface area contributed by atoms with Crippen LogP contribution < -0.4 is 11.1 Å². The zero-order chi connectivity index (χ0) is 20.0. The molecule has 0 unspecified atom stereocenters. The van der Waals surface area contributed by atoms with Crippen LogP contribution in [-0.4, -0.2) is 29.8 Å². The van der Waals surface area contributed by atoms with Gasteiger partial charge in [0.25, 0.3) is 5.91 Å². The largest absolute Gasteiger partial charge is 0.448 e. The van der Waals surface area contributed by atoms with Crippen LogP contribution in [0, 0.1) is 5.92 Å². The van der Waals surface area contributed by atoms with Gasteiger partial charge in [-0.25, -0.2) is 9.59 Å². The molecule has 0 aromatic heterocycles. The number of ether oxygens (including phenoxy) is 1. The van der Waals surface area contributed by atoms with Crippen molar-refractivity contribution in [1.82, 2.24) is 5.32 Å². The molecule has 0 radical (unpaired) electrons. The zero-order valence-corrected chi connectivity index (χ0v) is 15.0. The molecule has 0 aliphatic carbocycles. The summed E-state index contributed by atoms with van der Waals surface area (Å²) in [5.74, 6) is -2.41. The Morgan fingerprint density at radius 2 is 1.44 bits per heavy atom. The van der Waals surface area contributed by atoms with E-state index in [-0.39, 0.29) is 16.9 Å². The van der Waals surface area contributed by atoms with E-state index in [0.29, 0.717) is 5.56 Å². The number of nitrogens with one attached hydrogen (secondary N) is 1. The Morgan fingerprint density at radius 3 is 2.00 bits per heavy atom.